The molecule has 0 aliphatic carbocycles. The predicted octanol–water partition coefficient (Wildman–Crippen LogP) is 5.42. The smallest absolute Gasteiger partial charge is 0.338 e. The van der Waals surface area contributed by atoms with Crippen molar-refractivity contribution < 1.29 is 23.6 Å². The van der Waals surface area contributed by atoms with Gasteiger partial charge in [-0.05, 0) is 56.0 Å². The van der Waals surface area contributed by atoms with Gasteiger partial charge in [0.1, 0.15) is 18.1 Å². The molecule has 1 heterocycles. The molecular formula is C25H27NO5. The maximum absolute atomic E-state index is 12.3. The third-order valence-corrected chi connectivity index (χ3v) is 5.40. The molecule has 1 atom stereocenters. The van der Waals surface area contributed by atoms with E-state index in [1.165, 1.54) is 5.56 Å². The zero-order chi connectivity index (χ0) is 22.4. The number of esters is 1. The average molecular weight is 421 g/mol. The van der Waals surface area contributed by atoms with Gasteiger partial charge in [-0.15, -0.1) is 0 Å². The lowest BCUT2D eigenvalue weighted by Crippen LogP contribution is -2.14. The SMILES string of the molecule is CC[C@@H](C)c1ccc(C(=O)COC(=O)c2ccc(OCc3c(C)noc3C)cc2)cc1. The van der Waals surface area contributed by atoms with E-state index in [9.17, 15) is 9.59 Å². The fourth-order valence-corrected chi connectivity index (χ4v) is 3.08. The molecule has 0 amide bonds. The Hall–Kier alpha value is -3.41. The van der Waals surface area contributed by atoms with Crippen LogP contribution in [0.15, 0.2) is 53.1 Å². The van der Waals surface area contributed by atoms with E-state index >= 15 is 0 Å². The Bertz CT molecular complexity index is 1020. The lowest BCUT2D eigenvalue weighted by atomic mass is 9.97. The molecule has 0 radical (unpaired) electrons. The van der Waals surface area contributed by atoms with Gasteiger partial charge in [-0.3, -0.25) is 4.79 Å². The molecule has 0 fully saturated rings. The van der Waals surface area contributed by atoms with E-state index in [4.69, 9.17) is 14.0 Å². The summed E-state index contributed by atoms with van der Waals surface area (Å²) in [4.78, 5) is 24.6. The van der Waals surface area contributed by atoms with Gasteiger partial charge in [-0.2, -0.15) is 0 Å². The van der Waals surface area contributed by atoms with Crippen molar-refractivity contribution in [1.82, 2.24) is 5.16 Å². The average Bonchev–Trinajstić information content (AvgIpc) is 3.12. The number of benzene rings is 2. The maximum Gasteiger partial charge on any atom is 0.338 e. The summed E-state index contributed by atoms with van der Waals surface area (Å²) in [7, 11) is 0. The van der Waals surface area contributed by atoms with Crippen molar-refractivity contribution in [2.75, 3.05) is 6.61 Å². The van der Waals surface area contributed by atoms with Crippen molar-refractivity contribution in [3.05, 3.63) is 82.2 Å². The molecule has 31 heavy (non-hydrogen) atoms. The van der Waals surface area contributed by atoms with Crippen molar-refractivity contribution in [3.63, 3.8) is 0 Å². The number of ether oxygens (including phenoxy) is 2. The molecule has 0 bridgehead atoms. The van der Waals surface area contributed by atoms with E-state index in [0.29, 0.717) is 29.4 Å². The van der Waals surface area contributed by atoms with Crippen LogP contribution in [-0.4, -0.2) is 23.5 Å². The Kier molecular flexibility index (Phi) is 7.23. The highest BCUT2D eigenvalue weighted by molar-refractivity contribution is 5.99. The van der Waals surface area contributed by atoms with Crippen LogP contribution < -0.4 is 4.74 Å². The number of Topliss-reactive ketones (excluding diaryl/α,β-unsaturated/α-hetero) is 1. The summed E-state index contributed by atoms with van der Waals surface area (Å²) in [6.45, 7) is 7.99. The van der Waals surface area contributed by atoms with Crippen LogP contribution in [0.25, 0.3) is 0 Å². The number of aryl methyl sites for hydroxylation is 2. The molecule has 6 heteroatoms. The van der Waals surface area contributed by atoms with Crippen LogP contribution in [0, 0.1) is 13.8 Å². The lowest BCUT2D eigenvalue weighted by Gasteiger charge is -2.10. The Morgan fingerprint density at radius 1 is 1.00 bits per heavy atom. The number of carbonyl (C=O) groups excluding carboxylic acids is 2. The summed E-state index contributed by atoms with van der Waals surface area (Å²) in [5.74, 6) is 0.981. The molecule has 1 aromatic heterocycles. The molecule has 0 N–H and O–H groups in total. The second-order valence-corrected chi connectivity index (χ2v) is 7.55. The maximum atomic E-state index is 12.3. The van der Waals surface area contributed by atoms with Gasteiger partial charge in [0.2, 0.25) is 0 Å². The molecule has 0 saturated carbocycles. The minimum atomic E-state index is -0.554. The molecule has 3 rings (SSSR count). The molecule has 0 unspecified atom stereocenters. The first-order valence-corrected chi connectivity index (χ1v) is 10.3. The lowest BCUT2D eigenvalue weighted by molar-refractivity contribution is 0.0474. The number of rotatable bonds is 9. The highest BCUT2D eigenvalue weighted by Crippen LogP contribution is 2.20. The topological polar surface area (TPSA) is 78.6 Å². The molecule has 3 aromatic rings. The Balaban J connectivity index is 1.51. The second kappa shape index (κ2) is 10.1. The van der Waals surface area contributed by atoms with Gasteiger partial charge < -0.3 is 14.0 Å². The summed E-state index contributed by atoms with van der Waals surface area (Å²) in [6, 6.07) is 14.0. The quantitative estimate of drug-likeness (QED) is 0.339. The van der Waals surface area contributed by atoms with Crippen LogP contribution in [0.4, 0.5) is 0 Å². The first kappa shape index (κ1) is 22.3. The van der Waals surface area contributed by atoms with Crippen molar-refractivity contribution >= 4 is 11.8 Å². The fourth-order valence-electron chi connectivity index (χ4n) is 3.08. The Labute approximate surface area is 182 Å². The first-order chi connectivity index (χ1) is 14.9. The van der Waals surface area contributed by atoms with Crippen molar-refractivity contribution in [2.45, 2.75) is 46.6 Å². The van der Waals surface area contributed by atoms with Crippen LogP contribution in [0.3, 0.4) is 0 Å². The van der Waals surface area contributed by atoms with Gasteiger partial charge in [0.15, 0.2) is 12.4 Å². The van der Waals surface area contributed by atoms with E-state index < -0.39 is 5.97 Å². The minimum absolute atomic E-state index is 0.233. The highest BCUT2D eigenvalue weighted by atomic mass is 16.5. The van der Waals surface area contributed by atoms with Crippen molar-refractivity contribution in [3.8, 4) is 5.75 Å². The van der Waals surface area contributed by atoms with Crippen LogP contribution in [0.1, 0.15) is 69.5 Å². The molecule has 2 aromatic carbocycles. The van der Waals surface area contributed by atoms with Gasteiger partial charge in [-0.25, -0.2) is 4.79 Å². The summed E-state index contributed by atoms with van der Waals surface area (Å²) in [5.41, 5.74) is 3.76. The fraction of sp³-hybridized carbons (Fsp3) is 0.320. The molecule has 6 nitrogen and oxygen atoms in total. The van der Waals surface area contributed by atoms with Crippen LogP contribution in [-0.2, 0) is 11.3 Å². The number of ketones is 1. The van der Waals surface area contributed by atoms with E-state index in [-0.39, 0.29) is 12.4 Å². The molecule has 0 saturated heterocycles. The molecule has 0 aliphatic heterocycles. The zero-order valence-corrected chi connectivity index (χ0v) is 18.3. The van der Waals surface area contributed by atoms with Gasteiger partial charge >= 0.3 is 5.97 Å². The first-order valence-electron chi connectivity index (χ1n) is 10.3. The third kappa shape index (κ3) is 5.60. The van der Waals surface area contributed by atoms with Crippen molar-refractivity contribution in [1.29, 1.82) is 0 Å². The minimum Gasteiger partial charge on any atom is -0.489 e. The zero-order valence-electron chi connectivity index (χ0n) is 18.3. The Morgan fingerprint density at radius 2 is 1.65 bits per heavy atom. The van der Waals surface area contributed by atoms with E-state index in [1.54, 1.807) is 36.4 Å². The van der Waals surface area contributed by atoms with Crippen LogP contribution in [0.5, 0.6) is 5.75 Å². The number of hydrogen-bond acceptors (Lipinski definition) is 6. The number of aromatic nitrogens is 1. The van der Waals surface area contributed by atoms with Crippen molar-refractivity contribution in [2.24, 2.45) is 0 Å². The van der Waals surface area contributed by atoms with Gasteiger partial charge in [0, 0.05) is 5.56 Å². The molecular weight excluding hydrogens is 394 g/mol. The molecule has 0 aliphatic rings. The molecule has 0 spiro atoms. The second-order valence-electron chi connectivity index (χ2n) is 7.55. The normalized spacial score (nSPS) is 11.7. The van der Waals surface area contributed by atoms with Crippen LogP contribution in [0.2, 0.25) is 0 Å². The molecule has 162 valence electrons. The van der Waals surface area contributed by atoms with Gasteiger partial charge in [0.25, 0.3) is 0 Å². The third-order valence-electron chi connectivity index (χ3n) is 5.40. The largest absolute Gasteiger partial charge is 0.489 e. The summed E-state index contributed by atoms with van der Waals surface area (Å²) >= 11 is 0. The summed E-state index contributed by atoms with van der Waals surface area (Å²) in [6.07, 6.45) is 1.04. The monoisotopic (exact) mass is 421 g/mol. The van der Waals surface area contributed by atoms with E-state index in [2.05, 4.69) is 19.0 Å². The number of hydrogen-bond donors (Lipinski definition) is 0. The standard InChI is InChI=1S/C25H27NO5/c1-5-16(2)19-6-8-20(9-7-19)24(27)15-30-25(28)21-10-12-22(13-11-21)29-14-23-17(3)26-31-18(23)4/h6-13,16H,5,14-15H2,1-4H3/t16-/m1/s1. The number of carbonyl (C=O) groups is 2. The van der Waals surface area contributed by atoms with Gasteiger partial charge in [0.05, 0.1) is 16.8 Å². The summed E-state index contributed by atoms with van der Waals surface area (Å²) in [5, 5.41) is 3.89. The van der Waals surface area contributed by atoms with E-state index in [0.717, 1.165) is 23.4 Å². The predicted molar refractivity (Wildman–Crippen MR) is 117 cm³/mol. The highest BCUT2D eigenvalue weighted by Gasteiger charge is 2.14. The summed E-state index contributed by atoms with van der Waals surface area (Å²) < 4.78 is 16.0. The number of nitrogens with zero attached hydrogens (tertiary/aromatic N) is 1. The Morgan fingerprint density at radius 3 is 2.23 bits per heavy atom. The van der Waals surface area contributed by atoms with E-state index in [1.807, 2.05) is 26.0 Å². The van der Waals surface area contributed by atoms with Crippen LogP contribution >= 0.6 is 0 Å². The van der Waals surface area contributed by atoms with Gasteiger partial charge in [-0.1, -0.05) is 43.3 Å².